The van der Waals surface area contributed by atoms with Crippen LogP contribution in [-0.4, -0.2) is 50.6 Å². The first kappa shape index (κ1) is 18.8. The van der Waals surface area contributed by atoms with Gasteiger partial charge in [-0.1, -0.05) is 0 Å². The fourth-order valence-corrected chi connectivity index (χ4v) is 3.19. The van der Waals surface area contributed by atoms with E-state index in [0.29, 0.717) is 48.2 Å². The summed E-state index contributed by atoms with van der Waals surface area (Å²) in [5.41, 5.74) is 1.08. The third kappa shape index (κ3) is 4.61. The summed E-state index contributed by atoms with van der Waals surface area (Å²) < 4.78 is 15.4. The van der Waals surface area contributed by atoms with Gasteiger partial charge in [-0.05, 0) is 37.0 Å². The van der Waals surface area contributed by atoms with Crippen LogP contribution in [0.3, 0.4) is 0 Å². The third-order valence-corrected chi connectivity index (χ3v) is 4.83. The fourth-order valence-electron chi connectivity index (χ4n) is 3.19. The zero-order valence-corrected chi connectivity index (χ0v) is 15.6. The van der Waals surface area contributed by atoms with Gasteiger partial charge in [0.2, 0.25) is 0 Å². The number of nitrogens with one attached hydrogen (secondary N) is 1. The Hall–Kier alpha value is -2.96. The first-order chi connectivity index (χ1) is 13.1. The lowest BCUT2D eigenvalue weighted by Gasteiger charge is -2.31. The molecule has 1 aliphatic rings. The Kier molecular flexibility index (Phi) is 6.01. The highest BCUT2D eigenvalue weighted by atomic mass is 16.5. The molecule has 0 bridgehead atoms. The molecule has 7 nitrogen and oxygen atoms in total. The van der Waals surface area contributed by atoms with Crippen LogP contribution >= 0.6 is 0 Å². The average molecular weight is 372 g/mol. The number of likely N-dealkylation sites (tertiary alicyclic amines) is 1. The Labute approximate surface area is 158 Å². The Morgan fingerprint density at radius 3 is 2.33 bits per heavy atom. The molecule has 1 saturated heterocycles. The van der Waals surface area contributed by atoms with Crippen LogP contribution in [0, 0.1) is 5.92 Å². The first-order valence-corrected chi connectivity index (χ1v) is 8.93. The number of hydrogen-bond donors (Lipinski definition) is 1. The van der Waals surface area contributed by atoms with E-state index >= 15 is 0 Å². The average Bonchev–Trinajstić information content (AvgIpc) is 3.26. The smallest absolute Gasteiger partial charge is 0.257 e. The summed E-state index contributed by atoms with van der Waals surface area (Å²) >= 11 is 0. The molecule has 1 aromatic carbocycles. The van der Waals surface area contributed by atoms with Crippen molar-refractivity contribution in [3.05, 3.63) is 47.9 Å². The highest BCUT2D eigenvalue weighted by molar-refractivity contribution is 5.95. The zero-order valence-electron chi connectivity index (χ0n) is 15.6. The van der Waals surface area contributed by atoms with Crippen LogP contribution in [0.15, 0.2) is 41.2 Å². The molecular formula is C20H24N2O5. The maximum atomic E-state index is 12.5. The molecule has 3 rings (SSSR count). The Morgan fingerprint density at radius 2 is 1.78 bits per heavy atom. The Morgan fingerprint density at radius 1 is 1.11 bits per heavy atom. The standard InChI is InChI=1S/C20H24N2O5/c1-25-17-9-16(10-18(11-17)26-2)19(23)21-12-14-3-6-22(7-4-14)20(24)15-5-8-27-13-15/h5,8-11,13-14H,3-4,6-7,12H2,1-2H3,(H,21,23). The van der Waals surface area contributed by atoms with Crippen LogP contribution in [0.1, 0.15) is 33.6 Å². The van der Waals surface area contributed by atoms with E-state index in [9.17, 15) is 9.59 Å². The molecule has 1 aliphatic heterocycles. The lowest BCUT2D eigenvalue weighted by molar-refractivity contribution is 0.0683. The number of piperidine rings is 1. The van der Waals surface area contributed by atoms with E-state index in [2.05, 4.69) is 5.32 Å². The minimum Gasteiger partial charge on any atom is -0.497 e. The van der Waals surface area contributed by atoms with Crippen LogP contribution < -0.4 is 14.8 Å². The van der Waals surface area contributed by atoms with E-state index < -0.39 is 0 Å². The fraction of sp³-hybridized carbons (Fsp3) is 0.400. The van der Waals surface area contributed by atoms with Crippen molar-refractivity contribution in [2.45, 2.75) is 12.8 Å². The molecule has 0 radical (unpaired) electrons. The third-order valence-electron chi connectivity index (χ3n) is 4.83. The number of benzene rings is 1. The number of carbonyl (C=O) groups excluding carboxylic acids is 2. The van der Waals surface area contributed by atoms with E-state index in [1.54, 1.807) is 38.5 Å². The van der Waals surface area contributed by atoms with Gasteiger partial charge in [-0.2, -0.15) is 0 Å². The molecule has 0 saturated carbocycles. The van der Waals surface area contributed by atoms with Gasteiger partial charge in [0.1, 0.15) is 17.8 Å². The van der Waals surface area contributed by atoms with Gasteiger partial charge in [0.25, 0.3) is 11.8 Å². The largest absolute Gasteiger partial charge is 0.497 e. The molecule has 1 fully saturated rings. The lowest BCUT2D eigenvalue weighted by atomic mass is 9.96. The predicted octanol–water partition coefficient (Wildman–Crippen LogP) is 2.58. The summed E-state index contributed by atoms with van der Waals surface area (Å²) in [6, 6.07) is 6.77. The topological polar surface area (TPSA) is 81.0 Å². The summed E-state index contributed by atoms with van der Waals surface area (Å²) in [5.74, 6) is 1.32. The number of carbonyl (C=O) groups is 2. The first-order valence-electron chi connectivity index (χ1n) is 8.93. The lowest BCUT2D eigenvalue weighted by Crippen LogP contribution is -2.41. The van der Waals surface area contributed by atoms with Crippen LogP contribution in [0.5, 0.6) is 11.5 Å². The van der Waals surface area contributed by atoms with Crippen molar-refractivity contribution in [3.63, 3.8) is 0 Å². The maximum absolute atomic E-state index is 12.5. The van der Waals surface area contributed by atoms with Gasteiger partial charge < -0.3 is 24.1 Å². The predicted molar refractivity (Wildman–Crippen MR) is 99.2 cm³/mol. The monoisotopic (exact) mass is 372 g/mol. The number of hydrogen-bond acceptors (Lipinski definition) is 5. The molecule has 0 aliphatic carbocycles. The van der Waals surface area contributed by atoms with E-state index in [-0.39, 0.29) is 11.8 Å². The molecule has 0 spiro atoms. The Balaban J connectivity index is 1.50. The molecule has 7 heteroatoms. The van der Waals surface area contributed by atoms with E-state index in [1.165, 1.54) is 12.5 Å². The quantitative estimate of drug-likeness (QED) is 0.843. The van der Waals surface area contributed by atoms with Crippen molar-refractivity contribution in [1.29, 1.82) is 0 Å². The minimum absolute atomic E-state index is 0.00490. The number of amides is 2. The van der Waals surface area contributed by atoms with Crippen molar-refractivity contribution in [3.8, 4) is 11.5 Å². The molecule has 2 aromatic rings. The molecule has 2 heterocycles. The number of nitrogens with zero attached hydrogens (tertiary/aromatic N) is 1. The van der Waals surface area contributed by atoms with Gasteiger partial charge in [0.05, 0.1) is 26.0 Å². The molecule has 144 valence electrons. The molecule has 1 aromatic heterocycles. The molecule has 27 heavy (non-hydrogen) atoms. The second-order valence-electron chi connectivity index (χ2n) is 6.56. The SMILES string of the molecule is COc1cc(OC)cc(C(=O)NCC2CCN(C(=O)c3ccoc3)CC2)c1. The van der Waals surface area contributed by atoms with Gasteiger partial charge in [-0.25, -0.2) is 0 Å². The van der Waals surface area contributed by atoms with Crippen LogP contribution in [0.2, 0.25) is 0 Å². The highest BCUT2D eigenvalue weighted by Gasteiger charge is 2.24. The summed E-state index contributed by atoms with van der Waals surface area (Å²) in [4.78, 5) is 26.6. The van der Waals surface area contributed by atoms with E-state index in [0.717, 1.165) is 12.8 Å². The second-order valence-corrected chi connectivity index (χ2v) is 6.56. The number of methoxy groups -OCH3 is 2. The molecule has 2 amide bonds. The number of rotatable bonds is 6. The van der Waals surface area contributed by atoms with Crippen molar-refractivity contribution >= 4 is 11.8 Å². The van der Waals surface area contributed by atoms with Crippen molar-refractivity contribution in [2.75, 3.05) is 33.9 Å². The van der Waals surface area contributed by atoms with Crippen molar-refractivity contribution in [2.24, 2.45) is 5.92 Å². The van der Waals surface area contributed by atoms with Crippen LogP contribution in [-0.2, 0) is 0 Å². The van der Waals surface area contributed by atoms with Crippen LogP contribution in [0.25, 0.3) is 0 Å². The normalized spacial score (nSPS) is 14.7. The van der Waals surface area contributed by atoms with Crippen molar-refractivity contribution in [1.82, 2.24) is 10.2 Å². The van der Waals surface area contributed by atoms with Gasteiger partial charge in [0, 0.05) is 31.3 Å². The van der Waals surface area contributed by atoms with E-state index in [1.807, 2.05) is 4.90 Å². The minimum atomic E-state index is -0.163. The summed E-state index contributed by atoms with van der Waals surface area (Å²) in [6.07, 6.45) is 4.68. The van der Waals surface area contributed by atoms with E-state index in [4.69, 9.17) is 13.9 Å². The summed E-state index contributed by atoms with van der Waals surface area (Å²) in [7, 11) is 3.10. The highest BCUT2D eigenvalue weighted by Crippen LogP contribution is 2.23. The van der Waals surface area contributed by atoms with Crippen LogP contribution in [0.4, 0.5) is 0 Å². The molecular weight excluding hydrogens is 348 g/mol. The van der Waals surface area contributed by atoms with Crippen molar-refractivity contribution < 1.29 is 23.5 Å². The zero-order chi connectivity index (χ0) is 19.2. The second kappa shape index (κ2) is 8.62. The number of ether oxygens (including phenoxy) is 2. The van der Waals surface area contributed by atoms with Gasteiger partial charge >= 0.3 is 0 Å². The molecule has 0 unspecified atom stereocenters. The molecule has 0 atom stereocenters. The molecule has 1 N–H and O–H groups in total. The number of furan rings is 1. The van der Waals surface area contributed by atoms with Gasteiger partial charge in [-0.3, -0.25) is 9.59 Å². The Bertz CT molecular complexity index is 757. The maximum Gasteiger partial charge on any atom is 0.257 e. The van der Waals surface area contributed by atoms with Gasteiger partial charge in [-0.15, -0.1) is 0 Å². The summed E-state index contributed by atoms with van der Waals surface area (Å²) in [6.45, 7) is 1.93. The summed E-state index contributed by atoms with van der Waals surface area (Å²) in [5, 5.41) is 2.97. The van der Waals surface area contributed by atoms with Gasteiger partial charge in [0.15, 0.2) is 0 Å².